The molecule has 2 rings (SSSR count). The fourth-order valence-corrected chi connectivity index (χ4v) is 3.71. The number of benzene rings is 2. The number of halogens is 1. The third-order valence-electron chi connectivity index (χ3n) is 5.64. The summed E-state index contributed by atoms with van der Waals surface area (Å²) in [7, 11) is 0. The third-order valence-corrected chi connectivity index (χ3v) is 5.64. The molecule has 180 valence electrons. The van der Waals surface area contributed by atoms with E-state index in [1.807, 2.05) is 0 Å². The van der Waals surface area contributed by atoms with Crippen molar-refractivity contribution in [3.8, 4) is 5.75 Å². The molecule has 0 unspecified atom stereocenters. The van der Waals surface area contributed by atoms with Gasteiger partial charge in [-0.2, -0.15) is 0 Å². The molecule has 2 aromatic rings. The highest BCUT2D eigenvalue weighted by molar-refractivity contribution is 6.03. The number of carbonyl (C=O) groups excluding carboxylic acids is 2. The van der Waals surface area contributed by atoms with Crippen LogP contribution >= 0.6 is 0 Å². The Hall–Kier alpha value is -2.69. The van der Waals surface area contributed by atoms with E-state index in [0.29, 0.717) is 6.61 Å². The summed E-state index contributed by atoms with van der Waals surface area (Å²) < 4.78 is 24.3. The van der Waals surface area contributed by atoms with Crippen molar-refractivity contribution in [3.05, 3.63) is 65.5 Å². The first-order valence-corrected chi connectivity index (χ1v) is 12.4. The molecule has 0 spiro atoms. The first-order chi connectivity index (χ1) is 16.1. The molecule has 0 aliphatic carbocycles. The highest BCUT2D eigenvalue weighted by atomic mass is 19.1. The molecule has 33 heavy (non-hydrogen) atoms. The topological polar surface area (TPSA) is 52.6 Å². The number of para-hydroxylation sites is 1. The summed E-state index contributed by atoms with van der Waals surface area (Å²) in [5.74, 6) is -2.18. The van der Waals surface area contributed by atoms with Gasteiger partial charge in [0.2, 0.25) is 0 Å². The van der Waals surface area contributed by atoms with Gasteiger partial charge in [0.15, 0.2) is 11.6 Å². The van der Waals surface area contributed by atoms with Gasteiger partial charge < -0.3 is 9.47 Å². The number of unbranched alkanes of at least 4 members (excludes halogenated alkanes) is 11. The Morgan fingerprint density at radius 1 is 0.667 bits per heavy atom. The lowest BCUT2D eigenvalue weighted by atomic mass is 10.1. The van der Waals surface area contributed by atoms with Crippen LogP contribution in [-0.2, 0) is 4.74 Å². The first-order valence-electron chi connectivity index (χ1n) is 12.4. The smallest absolute Gasteiger partial charge is 0.344 e. The number of hydrogen-bond donors (Lipinski definition) is 0. The minimum atomic E-state index is -0.794. The molecule has 0 radical (unpaired) electrons. The van der Waals surface area contributed by atoms with Gasteiger partial charge in [0.25, 0.3) is 0 Å². The highest BCUT2D eigenvalue weighted by Gasteiger charge is 2.20. The van der Waals surface area contributed by atoms with E-state index < -0.39 is 17.8 Å². The summed E-state index contributed by atoms with van der Waals surface area (Å²) in [6, 6.07) is 11.9. The Bertz CT molecular complexity index is 849. The van der Waals surface area contributed by atoms with Gasteiger partial charge in [-0.05, 0) is 30.7 Å². The number of carbonyl (C=O) groups is 2. The fourth-order valence-electron chi connectivity index (χ4n) is 3.71. The fraction of sp³-hybridized carbons (Fsp3) is 0.500. The van der Waals surface area contributed by atoms with Crippen LogP contribution in [0, 0.1) is 5.82 Å². The first kappa shape index (κ1) is 26.6. The van der Waals surface area contributed by atoms with Crippen molar-refractivity contribution in [1.29, 1.82) is 0 Å². The molecule has 5 heteroatoms. The van der Waals surface area contributed by atoms with E-state index in [4.69, 9.17) is 9.47 Å². The molecule has 0 aromatic heterocycles. The van der Waals surface area contributed by atoms with Crippen LogP contribution in [0.25, 0.3) is 0 Å². The zero-order valence-electron chi connectivity index (χ0n) is 19.8. The molecule has 0 aliphatic heterocycles. The zero-order valence-corrected chi connectivity index (χ0v) is 19.8. The van der Waals surface area contributed by atoms with Crippen molar-refractivity contribution in [2.75, 3.05) is 6.61 Å². The molecular formula is C28H37FO4. The average molecular weight is 457 g/mol. The van der Waals surface area contributed by atoms with Gasteiger partial charge >= 0.3 is 11.9 Å². The van der Waals surface area contributed by atoms with Crippen molar-refractivity contribution in [3.63, 3.8) is 0 Å². The van der Waals surface area contributed by atoms with E-state index >= 15 is 0 Å². The summed E-state index contributed by atoms with van der Waals surface area (Å²) in [4.78, 5) is 25.0. The van der Waals surface area contributed by atoms with Crippen LogP contribution in [0.4, 0.5) is 4.39 Å². The van der Waals surface area contributed by atoms with Crippen molar-refractivity contribution in [2.45, 2.75) is 84.0 Å². The van der Waals surface area contributed by atoms with Gasteiger partial charge in [-0.25, -0.2) is 14.0 Å². The summed E-state index contributed by atoms with van der Waals surface area (Å²) in [5, 5.41) is 0. The Morgan fingerprint density at radius 2 is 1.15 bits per heavy atom. The number of ether oxygens (including phenoxy) is 2. The molecule has 0 saturated carbocycles. The van der Waals surface area contributed by atoms with Gasteiger partial charge in [0, 0.05) is 0 Å². The van der Waals surface area contributed by atoms with Crippen LogP contribution in [-0.4, -0.2) is 18.5 Å². The van der Waals surface area contributed by atoms with Crippen molar-refractivity contribution >= 4 is 11.9 Å². The summed E-state index contributed by atoms with van der Waals surface area (Å²) in [6.07, 6.45) is 14.8. The minimum Gasteiger partial charge on any atom is -0.462 e. The molecule has 4 nitrogen and oxygen atoms in total. The quantitative estimate of drug-likeness (QED) is 0.146. The summed E-state index contributed by atoms with van der Waals surface area (Å²) >= 11 is 0. The normalized spacial score (nSPS) is 10.7. The molecule has 0 N–H and O–H groups in total. The van der Waals surface area contributed by atoms with Crippen LogP contribution in [0.1, 0.15) is 105 Å². The average Bonchev–Trinajstić information content (AvgIpc) is 2.83. The highest BCUT2D eigenvalue weighted by Crippen LogP contribution is 2.19. The molecule has 0 heterocycles. The molecular weight excluding hydrogens is 419 g/mol. The second-order valence-electron chi connectivity index (χ2n) is 8.39. The van der Waals surface area contributed by atoms with Gasteiger partial charge in [-0.3, -0.25) is 0 Å². The molecule has 0 saturated heterocycles. The van der Waals surface area contributed by atoms with Gasteiger partial charge in [-0.15, -0.1) is 0 Å². The zero-order chi connectivity index (χ0) is 23.7. The largest absolute Gasteiger partial charge is 0.462 e. The van der Waals surface area contributed by atoms with E-state index in [-0.39, 0.29) is 16.9 Å². The minimum absolute atomic E-state index is 0.0560. The van der Waals surface area contributed by atoms with Crippen LogP contribution in [0.5, 0.6) is 5.75 Å². The number of hydrogen-bond acceptors (Lipinski definition) is 4. The number of esters is 2. The maximum Gasteiger partial charge on any atom is 0.344 e. The van der Waals surface area contributed by atoms with Crippen LogP contribution in [0.2, 0.25) is 0 Å². The molecule has 0 aliphatic rings. The monoisotopic (exact) mass is 456 g/mol. The molecule has 2 aromatic carbocycles. The van der Waals surface area contributed by atoms with E-state index in [9.17, 15) is 14.0 Å². The van der Waals surface area contributed by atoms with Crippen LogP contribution < -0.4 is 4.74 Å². The lowest BCUT2D eigenvalue weighted by Gasteiger charge is -2.10. The SMILES string of the molecule is CCCCCCCCCCCCCCOC(=O)c1ccccc1C(=O)Oc1ccccc1F. The van der Waals surface area contributed by atoms with E-state index in [1.54, 1.807) is 18.2 Å². The predicted octanol–water partition coefficient (Wildman–Crippen LogP) is 7.90. The van der Waals surface area contributed by atoms with Crippen LogP contribution in [0.3, 0.4) is 0 Å². The Kier molecular flexibility index (Phi) is 12.9. The number of rotatable bonds is 16. The molecule has 0 amide bonds. The third kappa shape index (κ3) is 10.2. The maximum atomic E-state index is 13.8. The van der Waals surface area contributed by atoms with Crippen molar-refractivity contribution in [2.24, 2.45) is 0 Å². The van der Waals surface area contributed by atoms with E-state index in [2.05, 4.69) is 6.92 Å². The van der Waals surface area contributed by atoms with Crippen molar-refractivity contribution < 1.29 is 23.5 Å². The Morgan fingerprint density at radius 3 is 1.73 bits per heavy atom. The van der Waals surface area contributed by atoms with E-state index in [1.165, 1.54) is 88.1 Å². The van der Waals surface area contributed by atoms with Gasteiger partial charge in [0.1, 0.15) is 0 Å². The second-order valence-corrected chi connectivity index (χ2v) is 8.39. The van der Waals surface area contributed by atoms with Crippen molar-refractivity contribution in [1.82, 2.24) is 0 Å². The lowest BCUT2D eigenvalue weighted by molar-refractivity contribution is 0.0489. The standard InChI is InChI=1S/C28H37FO4/c1-2-3-4-5-6-7-8-9-10-11-12-17-22-32-27(30)23-18-13-14-19-24(23)28(31)33-26-21-16-15-20-25(26)29/h13-16,18-21H,2-12,17,22H2,1H3. The Balaban J connectivity index is 1.65. The van der Waals surface area contributed by atoms with Gasteiger partial charge in [-0.1, -0.05) is 102 Å². The van der Waals surface area contributed by atoms with Crippen LogP contribution in [0.15, 0.2) is 48.5 Å². The molecule has 0 atom stereocenters. The maximum absolute atomic E-state index is 13.8. The Labute approximate surface area is 197 Å². The second kappa shape index (κ2) is 16.0. The lowest BCUT2D eigenvalue weighted by Crippen LogP contribution is -2.16. The van der Waals surface area contributed by atoms with Gasteiger partial charge in [0.05, 0.1) is 17.7 Å². The van der Waals surface area contributed by atoms with E-state index in [0.717, 1.165) is 19.3 Å². The summed E-state index contributed by atoms with van der Waals surface area (Å²) in [5.41, 5.74) is 0.179. The predicted molar refractivity (Wildman–Crippen MR) is 129 cm³/mol. The summed E-state index contributed by atoms with van der Waals surface area (Å²) in [6.45, 7) is 2.55. The molecule has 0 bridgehead atoms. The molecule has 0 fully saturated rings.